The molecule has 0 aliphatic carbocycles. The average Bonchev–Trinajstić information content (AvgIpc) is 2.34. The van der Waals surface area contributed by atoms with E-state index in [1.54, 1.807) is 24.1 Å². The molecule has 90 valence electrons. The lowest BCUT2D eigenvalue weighted by Crippen LogP contribution is -2.22. The summed E-state index contributed by atoms with van der Waals surface area (Å²) in [6, 6.07) is 6.55. The smallest absolute Gasteiger partial charge is 0.310 e. The molecule has 0 heterocycles. The third-order valence-corrected chi connectivity index (χ3v) is 2.43. The molecule has 0 atom stereocenters. The highest BCUT2D eigenvalue weighted by atomic mass is 16.6. The van der Waals surface area contributed by atoms with Crippen molar-refractivity contribution < 1.29 is 4.92 Å². The number of benzene rings is 1. The molecule has 17 heavy (non-hydrogen) atoms. The van der Waals surface area contributed by atoms with Gasteiger partial charge in [-0.3, -0.25) is 10.1 Å². The molecule has 0 aliphatic rings. The quantitative estimate of drug-likeness (QED) is 0.611. The van der Waals surface area contributed by atoms with Gasteiger partial charge in [0.2, 0.25) is 0 Å². The van der Waals surface area contributed by atoms with Crippen LogP contribution in [-0.2, 0) is 0 Å². The number of nitriles is 1. The van der Waals surface area contributed by atoms with E-state index in [9.17, 15) is 10.1 Å². The standard InChI is InChI=1S/C11H14N4O2/c1-14(7-3-6-12)10-5-2-4-9(8-13)11(10)15(16)17/h2,4-5H,3,6-7,12H2,1H3. The van der Waals surface area contributed by atoms with E-state index in [0.29, 0.717) is 18.8 Å². The van der Waals surface area contributed by atoms with Crippen LogP contribution in [0.25, 0.3) is 0 Å². The number of nitrogens with zero attached hydrogens (tertiary/aromatic N) is 3. The van der Waals surface area contributed by atoms with E-state index in [1.807, 2.05) is 6.07 Å². The average molecular weight is 234 g/mol. The molecule has 0 unspecified atom stereocenters. The highest BCUT2D eigenvalue weighted by molar-refractivity contribution is 5.69. The minimum absolute atomic E-state index is 0.0760. The normalized spacial score (nSPS) is 9.71. The summed E-state index contributed by atoms with van der Waals surface area (Å²) in [5.74, 6) is 0. The van der Waals surface area contributed by atoms with Crippen LogP contribution in [0.2, 0.25) is 0 Å². The summed E-state index contributed by atoms with van der Waals surface area (Å²) in [5.41, 5.74) is 5.77. The molecule has 0 aromatic heterocycles. The van der Waals surface area contributed by atoms with Gasteiger partial charge in [-0.25, -0.2) is 0 Å². The van der Waals surface area contributed by atoms with Crippen molar-refractivity contribution in [2.45, 2.75) is 6.42 Å². The molecule has 0 spiro atoms. The van der Waals surface area contributed by atoms with Gasteiger partial charge in [0.15, 0.2) is 0 Å². The number of nitro groups is 1. The number of nitro benzene ring substituents is 1. The van der Waals surface area contributed by atoms with Gasteiger partial charge in [-0.05, 0) is 25.1 Å². The fraction of sp³-hybridized carbons (Fsp3) is 0.364. The minimum Gasteiger partial charge on any atom is -0.369 e. The molecule has 0 bridgehead atoms. The van der Waals surface area contributed by atoms with E-state index < -0.39 is 4.92 Å². The van der Waals surface area contributed by atoms with E-state index in [4.69, 9.17) is 11.0 Å². The van der Waals surface area contributed by atoms with Crippen molar-refractivity contribution in [3.63, 3.8) is 0 Å². The lowest BCUT2D eigenvalue weighted by molar-refractivity contribution is -0.384. The van der Waals surface area contributed by atoms with Crippen LogP contribution in [-0.4, -0.2) is 25.1 Å². The molecule has 0 saturated heterocycles. The molecule has 0 aliphatic heterocycles. The summed E-state index contributed by atoms with van der Waals surface area (Å²) >= 11 is 0. The molecule has 2 N–H and O–H groups in total. The van der Waals surface area contributed by atoms with Gasteiger partial charge < -0.3 is 10.6 Å². The molecular weight excluding hydrogens is 220 g/mol. The number of rotatable bonds is 5. The van der Waals surface area contributed by atoms with Gasteiger partial charge in [0.25, 0.3) is 0 Å². The molecule has 6 nitrogen and oxygen atoms in total. The van der Waals surface area contributed by atoms with Gasteiger partial charge in [0.1, 0.15) is 17.3 Å². The molecule has 0 radical (unpaired) electrons. The van der Waals surface area contributed by atoms with Gasteiger partial charge in [-0.2, -0.15) is 5.26 Å². The lowest BCUT2D eigenvalue weighted by atomic mass is 10.1. The van der Waals surface area contributed by atoms with Crippen LogP contribution in [0.3, 0.4) is 0 Å². The zero-order valence-electron chi connectivity index (χ0n) is 9.59. The molecular formula is C11H14N4O2. The van der Waals surface area contributed by atoms with Gasteiger partial charge >= 0.3 is 5.69 Å². The number of hydrogen-bond acceptors (Lipinski definition) is 5. The molecule has 1 rings (SSSR count). The van der Waals surface area contributed by atoms with Crippen LogP contribution < -0.4 is 10.6 Å². The van der Waals surface area contributed by atoms with E-state index >= 15 is 0 Å². The Labute approximate surface area is 99.4 Å². The molecule has 1 aromatic carbocycles. The fourth-order valence-electron chi connectivity index (χ4n) is 1.57. The SMILES string of the molecule is CN(CCCN)c1cccc(C#N)c1[N+](=O)[O-]. The first-order chi connectivity index (χ1) is 8.11. The number of nitrogens with two attached hydrogens (primary N) is 1. The van der Waals surface area contributed by atoms with Crippen molar-refractivity contribution in [2.24, 2.45) is 5.73 Å². The van der Waals surface area contributed by atoms with Crippen LogP contribution in [0, 0.1) is 21.4 Å². The van der Waals surface area contributed by atoms with Crippen LogP contribution in [0.1, 0.15) is 12.0 Å². The summed E-state index contributed by atoms with van der Waals surface area (Å²) in [6.07, 6.45) is 0.741. The van der Waals surface area contributed by atoms with Crippen molar-refractivity contribution >= 4 is 11.4 Å². The first-order valence-electron chi connectivity index (χ1n) is 5.20. The van der Waals surface area contributed by atoms with Crippen molar-refractivity contribution in [3.8, 4) is 6.07 Å². The second kappa shape index (κ2) is 5.82. The van der Waals surface area contributed by atoms with Gasteiger partial charge in [0.05, 0.1) is 4.92 Å². The first-order valence-corrected chi connectivity index (χ1v) is 5.20. The zero-order chi connectivity index (χ0) is 12.8. The van der Waals surface area contributed by atoms with Crippen molar-refractivity contribution in [3.05, 3.63) is 33.9 Å². The van der Waals surface area contributed by atoms with Gasteiger partial charge in [0, 0.05) is 13.6 Å². The third-order valence-electron chi connectivity index (χ3n) is 2.43. The Morgan fingerprint density at radius 2 is 2.29 bits per heavy atom. The molecule has 0 saturated carbocycles. The topological polar surface area (TPSA) is 96.2 Å². The summed E-state index contributed by atoms with van der Waals surface area (Å²) in [7, 11) is 1.75. The maximum absolute atomic E-state index is 11.0. The number of hydrogen-bond donors (Lipinski definition) is 1. The number of para-hydroxylation sites is 1. The van der Waals surface area contributed by atoms with E-state index in [2.05, 4.69) is 0 Å². The van der Waals surface area contributed by atoms with Crippen molar-refractivity contribution in [2.75, 3.05) is 25.0 Å². The molecule has 6 heteroatoms. The highest BCUT2D eigenvalue weighted by Crippen LogP contribution is 2.30. The predicted octanol–water partition coefficient (Wildman–Crippen LogP) is 1.25. The summed E-state index contributed by atoms with van der Waals surface area (Å²) in [6.45, 7) is 1.14. The molecule has 0 fully saturated rings. The summed E-state index contributed by atoms with van der Waals surface area (Å²) in [4.78, 5) is 12.2. The summed E-state index contributed by atoms with van der Waals surface area (Å²) in [5, 5.41) is 19.8. The molecule has 1 aromatic rings. The Balaban J connectivity index is 3.15. The van der Waals surface area contributed by atoms with Gasteiger partial charge in [-0.15, -0.1) is 0 Å². The van der Waals surface area contributed by atoms with Crippen LogP contribution in [0.4, 0.5) is 11.4 Å². The Morgan fingerprint density at radius 1 is 1.59 bits per heavy atom. The lowest BCUT2D eigenvalue weighted by Gasteiger charge is -2.18. The van der Waals surface area contributed by atoms with Crippen LogP contribution in [0.5, 0.6) is 0 Å². The minimum atomic E-state index is -0.521. The van der Waals surface area contributed by atoms with E-state index in [1.165, 1.54) is 6.07 Å². The third kappa shape index (κ3) is 2.92. The van der Waals surface area contributed by atoms with Crippen LogP contribution in [0.15, 0.2) is 18.2 Å². The number of anilines is 1. The zero-order valence-corrected chi connectivity index (χ0v) is 9.59. The van der Waals surface area contributed by atoms with Crippen molar-refractivity contribution in [1.82, 2.24) is 0 Å². The summed E-state index contributed by atoms with van der Waals surface area (Å²) < 4.78 is 0. The highest BCUT2D eigenvalue weighted by Gasteiger charge is 2.21. The first kappa shape index (κ1) is 12.9. The maximum atomic E-state index is 11.0. The Bertz CT molecular complexity index is 453. The monoisotopic (exact) mass is 234 g/mol. The second-order valence-electron chi connectivity index (χ2n) is 3.61. The van der Waals surface area contributed by atoms with E-state index in [0.717, 1.165) is 6.42 Å². The Morgan fingerprint density at radius 3 is 2.82 bits per heavy atom. The van der Waals surface area contributed by atoms with Crippen LogP contribution >= 0.6 is 0 Å². The Hall–Kier alpha value is -2.13. The van der Waals surface area contributed by atoms with Gasteiger partial charge in [-0.1, -0.05) is 6.07 Å². The van der Waals surface area contributed by atoms with Crippen molar-refractivity contribution in [1.29, 1.82) is 5.26 Å². The fourth-order valence-corrected chi connectivity index (χ4v) is 1.57. The second-order valence-corrected chi connectivity index (χ2v) is 3.61. The van der Waals surface area contributed by atoms with E-state index in [-0.39, 0.29) is 11.3 Å². The molecule has 0 amide bonds. The maximum Gasteiger partial charge on any atom is 0.310 e. The largest absolute Gasteiger partial charge is 0.369 e. The predicted molar refractivity (Wildman–Crippen MR) is 64.8 cm³/mol. The Kier molecular flexibility index (Phi) is 4.43.